The maximum atomic E-state index is 11.6. The number of hydrazine groups is 1. The highest BCUT2D eigenvalue weighted by Gasteiger charge is 2.68. The zero-order valence-electron chi connectivity index (χ0n) is 11.3. The zero-order valence-corrected chi connectivity index (χ0v) is 11.3. The average Bonchev–Trinajstić information content (AvgIpc) is 2.94. The monoisotopic (exact) mass is 271 g/mol. The zero-order chi connectivity index (χ0) is 14.0. The summed E-state index contributed by atoms with van der Waals surface area (Å²) in [6, 6.07) is -0.0116. The summed E-state index contributed by atoms with van der Waals surface area (Å²) in [6.45, 7) is 3.67. The van der Waals surface area contributed by atoms with Gasteiger partial charge in [0.25, 0.3) is 0 Å². The highest BCUT2D eigenvalue weighted by Crippen LogP contribution is 2.44. The van der Waals surface area contributed by atoms with Gasteiger partial charge in [-0.15, -0.1) is 0 Å². The number of ether oxygens (including phenoxy) is 2. The van der Waals surface area contributed by atoms with Crippen LogP contribution in [0, 0.1) is 0 Å². The van der Waals surface area contributed by atoms with E-state index in [-0.39, 0.29) is 18.6 Å². The van der Waals surface area contributed by atoms with Crippen molar-refractivity contribution in [2.75, 3.05) is 6.61 Å². The maximum Gasteiger partial charge on any atom is 0.408 e. The molecule has 4 atom stereocenters. The van der Waals surface area contributed by atoms with Crippen LogP contribution < -0.4 is 11.2 Å². The van der Waals surface area contributed by atoms with Gasteiger partial charge in [-0.1, -0.05) is 19.8 Å². The molecule has 7 heteroatoms. The first-order valence-corrected chi connectivity index (χ1v) is 6.68. The Hall–Kier alpha value is -1.34. The van der Waals surface area contributed by atoms with Crippen LogP contribution in [0.5, 0.6) is 0 Å². The number of hydrogen-bond donors (Lipinski definition) is 2. The van der Waals surface area contributed by atoms with E-state index >= 15 is 0 Å². The van der Waals surface area contributed by atoms with Crippen LogP contribution in [0.4, 0.5) is 4.79 Å². The second-order valence-electron chi connectivity index (χ2n) is 5.04. The fourth-order valence-electron chi connectivity index (χ4n) is 2.78. The van der Waals surface area contributed by atoms with Crippen molar-refractivity contribution in [3.05, 3.63) is 0 Å². The molecule has 0 bridgehead atoms. The summed E-state index contributed by atoms with van der Waals surface area (Å²) in [6.07, 6.45) is 2.37. The van der Waals surface area contributed by atoms with E-state index in [2.05, 4.69) is 12.2 Å². The van der Waals surface area contributed by atoms with Crippen LogP contribution in [0.15, 0.2) is 0 Å². The van der Waals surface area contributed by atoms with E-state index in [1.165, 1.54) is 6.92 Å². The van der Waals surface area contributed by atoms with E-state index in [0.717, 1.165) is 19.3 Å². The molecule has 0 aromatic carbocycles. The van der Waals surface area contributed by atoms with Crippen molar-refractivity contribution in [2.45, 2.75) is 57.3 Å². The molecule has 3 N–H and O–H groups in total. The molecule has 7 nitrogen and oxygen atoms in total. The molecule has 19 heavy (non-hydrogen) atoms. The number of cyclic esters (lactones) is 1. The Morgan fingerprint density at radius 3 is 3.05 bits per heavy atom. The Balaban J connectivity index is 2.15. The molecule has 0 saturated carbocycles. The summed E-state index contributed by atoms with van der Waals surface area (Å²) in [5.74, 6) is 5.61. The van der Waals surface area contributed by atoms with E-state index in [1.807, 2.05) is 0 Å². The Labute approximate surface area is 112 Å². The van der Waals surface area contributed by atoms with Crippen molar-refractivity contribution < 1.29 is 19.1 Å². The van der Waals surface area contributed by atoms with Crippen molar-refractivity contribution in [2.24, 2.45) is 5.84 Å². The standard InChI is InChI=1S/C12H21N3O4/c1-3-4-5-9-12(15(9)13)10(19-8(2)16)6-7-18-11(17)14-12/h9-10H,3-7,13H2,1-2H3,(H,14,17)/t9?,10-,12-,15+/m1/s1. The first-order chi connectivity index (χ1) is 9.02. The van der Waals surface area contributed by atoms with Gasteiger partial charge in [-0.3, -0.25) is 16.0 Å². The van der Waals surface area contributed by atoms with E-state index in [0.29, 0.717) is 6.42 Å². The molecular formula is C12H21N3O4. The Morgan fingerprint density at radius 2 is 2.42 bits per heavy atom. The fourth-order valence-corrected chi connectivity index (χ4v) is 2.78. The van der Waals surface area contributed by atoms with E-state index < -0.39 is 17.9 Å². The van der Waals surface area contributed by atoms with Crippen LogP contribution in [-0.2, 0) is 14.3 Å². The van der Waals surface area contributed by atoms with Crippen molar-refractivity contribution in [3.63, 3.8) is 0 Å². The van der Waals surface area contributed by atoms with E-state index in [9.17, 15) is 9.59 Å². The molecule has 0 aromatic rings. The number of carbonyl (C=O) groups is 2. The minimum atomic E-state index is -0.797. The Bertz CT molecular complexity index is 376. The Kier molecular flexibility index (Phi) is 3.96. The number of hydrogen-bond acceptors (Lipinski definition) is 6. The second kappa shape index (κ2) is 5.34. The largest absolute Gasteiger partial charge is 0.458 e. The van der Waals surface area contributed by atoms with Crippen LogP contribution in [-0.4, -0.2) is 41.5 Å². The molecule has 1 amide bonds. The number of unbranched alkanes of at least 4 members (excludes halogenated alkanes) is 1. The first-order valence-electron chi connectivity index (χ1n) is 6.68. The topological polar surface area (TPSA) is 93.7 Å². The lowest BCUT2D eigenvalue weighted by molar-refractivity contribution is -0.149. The number of amides is 1. The fraction of sp³-hybridized carbons (Fsp3) is 0.833. The lowest BCUT2D eigenvalue weighted by Gasteiger charge is -2.24. The molecule has 2 fully saturated rings. The minimum absolute atomic E-state index is 0.0116. The highest BCUT2D eigenvalue weighted by atomic mass is 16.6. The van der Waals surface area contributed by atoms with Crippen LogP contribution in [0.3, 0.4) is 0 Å². The van der Waals surface area contributed by atoms with Gasteiger partial charge < -0.3 is 9.47 Å². The number of nitrogens with two attached hydrogens (primary N) is 1. The van der Waals surface area contributed by atoms with Gasteiger partial charge in [-0.25, -0.2) is 9.80 Å². The molecule has 2 aliphatic rings. The lowest BCUT2D eigenvalue weighted by atomic mass is 10.0. The average molecular weight is 271 g/mol. The second-order valence-corrected chi connectivity index (χ2v) is 5.04. The number of alkyl carbamates (subject to hydrolysis) is 1. The van der Waals surface area contributed by atoms with Crippen LogP contribution >= 0.6 is 0 Å². The number of esters is 1. The lowest BCUT2D eigenvalue weighted by Crippen LogP contribution is -2.51. The third kappa shape index (κ3) is 2.52. The number of nitrogens with one attached hydrogen (secondary N) is 1. The van der Waals surface area contributed by atoms with Gasteiger partial charge in [0, 0.05) is 13.3 Å². The SMILES string of the molecule is CCCCC1[N@](N)[C@]12NC(=O)OCC[C@H]2OC(C)=O. The van der Waals surface area contributed by atoms with Gasteiger partial charge in [0.1, 0.15) is 6.10 Å². The van der Waals surface area contributed by atoms with Crippen molar-refractivity contribution >= 4 is 12.1 Å². The smallest absolute Gasteiger partial charge is 0.408 e. The normalized spacial score (nSPS) is 37.2. The van der Waals surface area contributed by atoms with Crippen LogP contribution in [0.2, 0.25) is 0 Å². The van der Waals surface area contributed by atoms with Gasteiger partial charge >= 0.3 is 12.1 Å². The summed E-state index contributed by atoms with van der Waals surface area (Å²) in [7, 11) is 0. The maximum absolute atomic E-state index is 11.6. The molecule has 1 unspecified atom stereocenters. The molecular weight excluding hydrogens is 250 g/mol. The van der Waals surface area contributed by atoms with Gasteiger partial charge in [-0.05, 0) is 6.42 Å². The molecule has 2 heterocycles. The van der Waals surface area contributed by atoms with Crippen LogP contribution in [0.25, 0.3) is 0 Å². The van der Waals surface area contributed by atoms with Gasteiger partial charge in [0.2, 0.25) is 0 Å². The first kappa shape index (κ1) is 14.1. The molecule has 0 aliphatic carbocycles. The number of nitrogens with zero attached hydrogens (tertiary/aromatic N) is 1. The third-order valence-corrected chi connectivity index (χ3v) is 3.75. The van der Waals surface area contributed by atoms with Crippen LogP contribution in [0.1, 0.15) is 39.5 Å². The summed E-state index contributed by atoms with van der Waals surface area (Å²) in [5, 5.41) is 4.33. The molecule has 108 valence electrons. The predicted octanol–water partition coefficient (Wildman–Crippen LogP) is 0.492. The van der Waals surface area contributed by atoms with Gasteiger partial charge in [-0.2, -0.15) is 0 Å². The molecule has 0 aromatic heterocycles. The number of carbonyl (C=O) groups excluding carboxylic acids is 2. The molecule has 0 radical (unpaired) electrons. The quantitative estimate of drug-likeness (QED) is 0.439. The summed E-state index contributed by atoms with van der Waals surface area (Å²) in [4.78, 5) is 22.8. The molecule has 2 rings (SSSR count). The van der Waals surface area contributed by atoms with Crippen molar-refractivity contribution in [3.8, 4) is 0 Å². The van der Waals surface area contributed by atoms with E-state index in [4.69, 9.17) is 15.3 Å². The van der Waals surface area contributed by atoms with Crippen molar-refractivity contribution in [1.29, 1.82) is 0 Å². The van der Waals surface area contributed by atoms with Gasteiger partial charge in [0.15, 0.2) is 5.66 Å². The third-order valence-electron chi connectivity index (χ3n) is 3.75. The summed E-state index contributed by atoms with van der Waals surface area (Å²) >= 11 is 0. The molecule has 2 saturated heterocycles. The van der Waals surface area contributed by atoms with Gasteiger partial charge in [0.05, 0.1) is 12.6 Å². The van der Waals surface area contributed by atoms with E-state index in [1.54, 1.807) is 5.01 Å². The molecule has 1 spiro atoms. The summed E-state index contributed by atoms with van der Waals surface area (Å²) < 4.78 is 10.3. The van der Waals surface area contributed by atoms with Crippen molar-refractivity contribution in [1.82, 2.24) is 10.3 Å². The highest BCUT2D eigenvalue weighted by molar-refractivity contribution is 5.71. The summed E-state index contributed by atoms with van der Waals surface area (Å²) in [5.41, 5.74) is -0.797. The Morgan fingerprint density at radius 1 is 1.68 bits per heavy atom. The predicted molar refractivity (Wildman–Crippen MR) is 66.7 cm³/mol. The molecule has 2 aliphatic heterocycles. The minimum Gasteiger partial charge on any atom is -0.458 e. The number of rotatable bonds is 4.